The van der Waals surface area contributed by atoms with Gasteiger partial charge in [0.1, 0.15) is 6.29 Å². The first-order valence-corrected chi connectivity index (χ1v) is 6.60. The first-order chi connectivity index (χ1) is 8.06. The van der Waals surface area contributed by atoms with Gasteiger partial charge in [-0.25, -0.2) is 0 Å². The second-order valence-electron chi connectivity index (χ2n) is 4.64. The summed E-state index contributed by atoms with van der Waals surface area (Å²) >= 11 is 0. The molecule has 0 N–H and O–H groups in total. The van der Waals surface area contributed by atoms with Gasteiger partial charge < -0.3 is 4.79 Å². The van der Waals surface area contributed by atoms with Crippen molar-refractivity contribution in [3.63, 3.8) is 0 Å². The highest BCUT2D eigenvalue weighted by molar-refractivity contribution is 7.13. The molecule has 0 amide bonds. The lowest BCUT2D eigenvalue weighted by atomic mass is 10.0. The summed E-state index contributed by atoms with van der Waals surface area (Å²) in [7, 11) is 2.66. The Bertz CT molecular complexity index is 367. The van der Waals surface area contributed by atoms with Crippen molar-refractivity contribution in [1.29, 1.82) is 0 Å². The zero-order chi connectivity index (χ0) is 12.8. The Morgan fingerprint density at radius 3 is 2.59 bits per heavy atom. The summed E-state index contributed by atoms with van der Waals surface area (Å²) in [6, 6.07) is 8.83. The summed E-state index contributed by atoms with van der Waals surface area (Å²) in [5.41, 5.74) is 2.75. The molecule has 0 aliphatic carbocycles. The third-order valence-corrected chi connectivity index (χ3v) is 4.25. The molecule has 0 spiro atoms. The second kappa shape index (κ2) is 6.88. The minimum Gasteiger partial charge on any atom is -0.302 e. The van der Waals surface area contributed by atoms with Crippen molar-refractivity contribution < 1.29 is 4.79 Å². The van der Waals surface area contributed by atoms with Crippen LogP contribution in [0.1, 0.15) is 31.4 Å². The number of hydrogen-bond acceptors (Lipinski definition) is 2. The number of aldehydes is 1. The maximum atomic E-state index is 10.7. The maximum Gasteiger partial charge on any atom is 0.137 e. The Balaban J connectivity index is 2.51. The smallest absolute Gasteiger partial charge is 0.137 e. The third-order valence-electron chi connectivity index (χ3n) is 3.27. The Labute approximate surface area is 107 Å². The lowest BCUT2D eigenvalue weighted by Gasteiger charge is -2.27. The number of carbonyl (C=O) groups is 1. The summed E-state index contributed by atoms with van der Waals surface area (Å²) in [5.74, 6) is 0. The largest absolute Gasteiger partial charge is 0.302 e. The topological polar surface area (TPSA) is 20.3 Å². The average molecular weight is 251 g/mol. The summed E-state index contributed by atoms with van der Waals surface area (Å²) in [6.45, 7) is 6.22. The van der Waals surface area contributed by atoms with Gasteiger partial charge in [0, 0.05) is 6.04 Å². The van der Waals surface area contributed by atoms with E-state index in [2.05, 4.69) is 47.5 Å². The van der Waals surface area contributed by atoms with Gasteiger partial charge in [-0.15, -0.1) is 0 Å². The van der Waals surface area contributed by atoms with Gasteiger partial charge in [-0.2, -0.15) is 0 Å². The summed E-state index contributed by atoms with van der Waals surface area (Å²) in [4.78, 5) is 10.7. The van der Waals surface area contributed by atoms with Gasteiger partial charge in [0.15, 0.2) is 0 Å². The predicted molar refractivity (Wildman–Crippen MR) is 76.0 cm³/mol. The van der Waals surface area contributed by atoms with Gasteiger partial charge in [0.05, 0.1) is 6.04 Å². The van der Waals surface area contributed by atoms with Crippen LogP contribution in [0.3, 0.4) is 0 Å². The minimum absolute atomic E-state index is 0.0353. The molecule has 0 aliphatic rings. The molecule has 0 saturated carbocycles. The van der Waals surface area contributed by atoms with Crippen LogP contribution in [0.25, 0.3) is 0 Å². The van der Waals surface area contributed by atoms with E-state index in [-0.39, 0.29) is 6.04 Å². The number of carbonyl (C=O) groups excluding carboxylic acids is 1. The molecule has 1 rings (SSSR count). The number of hydrogen-bond donors (Lipinski definition) is 0. The highest BCUT2D eigenvalue weighted by Gasteiger charge is 2.15. The Hall–Kier alpha value is -0.720. The molecule has 17 heavy (non-hydrogen) atoms. The number of benzene rings is 1. The first-order valence-electron chi connectivity index (χ1n) is 6.09. The molecule has 0 aromatic heterocycles. The molecule has 3 heteroatoms. The van der Waals surface area contributed by atoms with Gasteiger partial charge in [-0.05, 0) is 44.7 Å². The van der Waals surface area contributed by atoms with Gasteiger partial charge in [0.25, 0.3) is 0 Å². The van der Waals surface area contributed by atoms with E-state index in [1.165, 1.54) is 11.1 Å². The molecular weight excluding hydrogens is 229 g/mol. The zero-order valence-electron chi connectivity index (χ0n) is 10.9. The van der Waals surface area contributed by atoms with Gasteiger partial charge in [-0.3, -0.25) is 4.67 Å². The molecule has 0 heterocycles. The zero-order valence-corrected chi connectivity index (χ0v) is 12.0. The Morgan fingerprint density at radius 1 is 1.35 bits per heavy atom. The van der Waals surface area contributed by atoms with Crippen LogP contribution in [0.5, 0.6) is 0 Å². The number of aryl methyl sites for hydroxylation is 2. The fraction of sp³-hybridized carbons (Fsp3) is 0.500. The number of rotatable bonds is 6. The maximum absolute atomic E-state index is 10.7. The number of nitrogens with zero attached hydrogens (tertiary/aromatic N) is 1. The third kappa shape index (κ3) is 4.22. The van der Waals surface area contributed by atoms with E-state index in [0.717, 1.165) is 19.1 Å². The molecule has 3 unspecified atom stereocenters. The SMILES string of the molecule is Cc1ccccc1CCC(C)N(P)C(C)C=O. The van der Waals surface area contributed by atoms with Crippen molar-refractivity contribution in [2.75, 3.05) is 0 Å². The van der Waals surface area contributed by atoms with Crippen molar-refractivity contribution in [3.8, 4) is 0 Å². The van der Waals surface area contributed by atoms with E-state index in [0.29, 0.717) is 6.04 Å². The van der Waals surface area contributed by atoms with Crippen LogP contribution in [0.4, 0.5) is 0 Å². The lowest BCUT2D eigenvalue weighted by Crippen LogP contribution is -2.33. The predicted octanol–water partition coefficient (Wildman–Crippen LogP) is 3.00. The van der Waals surface area contributed by atoms with E-state index in [1.807, 2.05) is 11.6 Å². The first kappa shape index (κ1) is 14.3. The molecule has 2 nitrogen and oxygen atoms in total. The normalized spacial score (nSPS) is 14.6. The molecule has 1 aromatic carbocycles. The molecule has 0 bridgehead atoms. The van der Waals surface area contributed by atoms with Crippen molar-refractivity contribution in [2.24, 2.45) is 0 Å². The standard InChI is InChI=1S/C14H22NOP/c1-11-6-4-5-7-14(11)9-8-12(2)15(17)13(3)10-16/h4-7,10,12-13H,8-9,17H2,1-3H3. The molecule has 0 saturated heterocycles. The van der Waals surface area contributed by atoms with Crippen LogP contribution < -0.4 is 0 Å². The van der Waals surface area contributed by atoms with Crippen LogP contribution >= 0.6 is 9.39 Å². The van der Waals surface area contributed by atoms with Crippen molar-refractivity contribution in [3.05, 3.63) is 35.4 Å². The summed E-state index contributed by atoms with van der Waals surface area (Å²) in [5, 5.41) is 0. The average Bonchev–Trinajstić information content (AvgIpc) is 2.35. The quantitative estimate of drug-likeness (QED) is 0.572. The molecule has 0 radical (unpaired) electrons. The van der Waals surface area contributed by atoms with Crippen LogP contribution in [-0.4, -0.2) is 23.0 Å². The van der Waals surface area contributed by atoms with Gasteiger partial charge >= 0.3 is 0 Å². The monoisotopic (exact) mass is 251 g/mol. The van der Waals surface area contributed by atoms with Crippen LogP contribution in [0.15, 0.2) is 24.3 Å². The van der Waals surface area contributed by atoms with E-state index in [1.54, 1.807) is 0 Å². The molecule has 0 fully saturated rings. The molecule has 3 atom stereocenters. The second-order valence-corrected chi connectivity index (χ2v) is 5.23. The minimum atomic E-state index is -0.0353. The lowest BCUT2D eigenvalue weighted by molar-refractivity contribution is -0.110. The molecule has 0 aliphatic heterocycles. The molecule has 94 valence electrons. The highest BCUT2D eigenvalue weighted by atomic mass is 31.0. The van der Waals surface area contributed by atoms with Crippen LogP contribution in [0.2, 0.25) is 0 Å². The Morgan fingerprint density at radius 2 is 2.00 bits per heavy atom. The van der Waals surface area contributed by atoms with Crippen molar-refractivity contribution >= 4 is 15.7 Å². The van der Waals surface area contributed by atoms with E-state index >= 15 is 0 Å². The van der Waals surface area contributed by atoms with Crippen molar-refractivity contribution in [1.82, 2.24) is 4.67 Å². The fourth-order valence-electron chi connectivity index (χ4n) is 1.88. The van der Waals surface area contributed by atoms with E-state index in [4.69, 9.17) is 0 Å². The highest BCUT2D eigenvalue weighted by Crippen LogP contribution is 2.17. The summed E-state index contributed by atoms with van der Waals surface area (Å²) < 4.78 is 2.05. The fourth-order valence-corrected chi connectivity index (χ4v) is 2.10. The molecular formula is C14H22NOP. The van der Waals surface area contributed by atoms with Gasteiger partial charge in [-0.1, -0.05) is 33.7 Å². The van der Waals surface area contributed by atoms with Crippen LogP contribution in [-0.2, 0) is 11.2 Å². The van der Waals surface area contributed by atoms with E-state index < -0.39 is 0 Å². The van der Waals surface area contributed by atoms with Crippen LogP contribution in [0, 0.1) is 6.92 Å². The summed E-state index contributed by atoms with van der Waals surface area (Å²) in [6.07, 6.45) is 3.11. The Kier molecular flexibility index (Phi) is 5.80. The van der Waals surface area contributed by atoms with Crippen molar-refractivity contribution in [2.45, 2.75) is 45.7 Å². The van der Waals surface area contributed by atoms with E-state index in [9.17, 15) is 4.79 Å². The molecule has 1 aromatic rings. The van der Waals surface area contributed by atoms with Gasteiger partial charge in [0.2, 0.25) is 0 Å².